The lowest BCUT2D eigenvalue weighted by Crippen LogP contribution is -2.49. The van der Waals surface area contributed by atoms with Crippen LogP contribution >= 0.6 is 11.6 Å². The van der Waals surface area contributed by atoms with Crippen LogP contribution in [0.15, 0.2) is 42.6 Å². The highest BCUT2D eigenvalue weighted by Gasteiger charge is 2.27. The van der Waals surface area contributed by atoms with E-state index in [9.17, 15) is 23.3 Å². The standard InChI is InChI=1S/C19H22ClN5O5S/c20-16-6-5-15(14-17(16)25(27)28)19(26)22-8-3-13-31(29,30)24-11-9-23(10-12-24)18-4-1-2-7-21-18/h1-2,4-7,14H,3,8-13H2,(H,22,26). The Morgan fingerprint density at radius 2 is 1.94 bits per heavy atom. The van der Waals surface area contributed by atoms with Crippen molar-refractivity contribution in [2.24, 2.45) is 0 Å². The van der Waals surface area contributed by atoms with Crippen LogP contribution in [0.25, 0.3) is 0 Å². The summed E-state index contributed by atoms with van der Waals surface area (Å²) in [6.07, 6.45) is 1.93. The van der Waals surface area contributed by atoms with Crippen LogP contribution in [0.3, 0.4) is 0 Å². The van der Waals surface area contributed by atoms with Gasteiger partial charge in [-0.2, -0.15) is 4.31 Å². The SMILES string of the molecule is O=C(NCCCS(=O)(=O)N1CCN(c2ccccn2)CC1)c1ccc(Cl)c([N+](=O)[O-])c1. The zero-order valence-corrected chi connectivity index (χ0v) is 18.2. The number of benzene rings is 1. The van der Waals surface area contributed by atoms with Crippen LogP contribution in [0.4, 0.5) is 11.5 Å². The number of nitro groups is 1. The van der Waals surface area contributed by atoms with Crippen molar-refractivity contribution in [3.05, 3.63) is 63.3 Å². The molecule has 1 fully saturated rings. The predicted octanol–water partition coefficient (Wildman–Crippen LogP) is 1.92. The molecule has 166 valence electrons. The normalized spacial score (nSPS) is 14.9. The van der Waals surface area contributed by atoms with E-state index in [0.29, 0.717) is 26.2 Å². The van der Waals surface area contributed by atoms with E-state index in [1.165, 1.54) is 16.4 Å². The lowest BCUT2D eigenvalue weighted by Gasteiger charge is -2.34. The summed E-state index contributed by atoms with van der Waals surface area (Å²) in [5.41, 5.74) is -0.272. The minimum absolute atomic E-state index is 0.0595. The molecule has 1 saturated heterocycles. The number of piperazine rings is 1. The molecule has 31 heavy (non-hydrogen) atoms. The van der Waals surface area contributed by atoms with Gasteiger partial charge in [0.2, 0.25) is 10.0 Å². The van der Waals surface area contributed by atoms with E-state index in [-0.39, 0.29) is 35.0 Å². The van der Waals surface area contributed by atoms with Gasteiger partial charge in [-0.3, -0.25) is 14.9 Å². The van der Waals surface area contributed by atoms with Crippen LogP contribution in [0, 0.1) is 10.1 Å². The van der Waals surface area contributed by atoms with Gasteiger partial charge in [0.25, 0.3) is 11.6 Å². The molecule has 1 amide bonds. The Morgan fingerprint density at radius 3 is 2.58 bits per heavy atom. The van der Waals surface area contributed by atoms with Crippen LogP contribution < -0.4 is 10.2 Å². The molecule has 0 bridgehead atoms. The molecule has 0 spiro atoms. The van der Waals surface area contributed by atoms with Crippen molar-refractivity contribution in [3.63, 3.8) is 0 Å². The minimum atomic E-state index is -3.45. The number of aromatic nitrogens is 1. The third kappa shape index (κ3) is 5.90. The van der Waals surface area contributed by atoms with E-state index in [2.05, 4.69) is 10.3 Å². The fraction of sp³-hybridized carbons (Fsp3) is 0.368. The third-order valence-electron chi connectivity index (χ3n) is 4.87. The van der Waals surface area contributed by atoms with Gasteiger partial charge in [0.15, 0.2) is 0 Å². The van der Waals surface area contributed by atoms with Crippen LogP contribution in [0.5, 0.6) is 0 Å². The van der Waals surface area contributed by atoms with E-state index in [1.807, 2.05) is 23.1 Å². The molecule has 0 unspecified atom stereocenters. The highest BCUT2D eigenvalue weighted by molar-refractivity contribution is 7.89. The number of nitro benzene ring substituents is 1. The Bertz CT molecular complexity index is 1040. The largest absolute Gasteiger partial charge is 0.354 e. The van der Waals surface area contributed by atoms with Crippen molar-refractivity contribution in [2.75, 3.05) is 43.4 Å². The zero-order chi connectivity index (χ0) is 22.4. The van der Waals surface area contributed by atoms with Crippen molar-refractivity contribution in [1.82, 2.24) is 14.6 Å². The summed E-state index contributed by atoms with van der Waals surface area (Å²) in [6.45, 7) is 1.99. The maximum absolute atomic E-state index is 12.6. The van der Waals surface area contributed by atoms with E-state index in [1.54, 1.807) is 6.20 Å². The summed E-state index contributed by atoms with van der Waals surface area (Å²) in [5, 5.41) is 13.5. The van der Waals surface area contributed by atoms with Gasteiger partial charge in [0, 0.05) is 50.6 Å². The number of halogens is 1. The number of hydrogen-bond donors (Lipinski definition) is 1. The Hall–Kier alpha value is -2.76. The lowest BCUT2D eigenvalue weighted by molar-refractivity contribution is -0.384. The van der Waals surface area contributed by atoms with Gasteiger partial charge in [-0.1, -0.05) is 17.7 Å². The fourth-order valence-electron chi connectivity index (χ4n) is 3.22. The fourth-order valence-corrected chi connectivity index (χ4v) is 4.89. The molecule has 0 atom stereocenters. The number of nitrogens with one attached hydrogen (secondary N) is 1. The van der Waals surface area contributed by atoms with Crippen molar-refractivity contribution in [1.29, 1.82) is 0 Å². The monoisotopic (exact) mass is 467 g/mol. The van der Waals surface area contributed by atoms with Gasteiger partial charge < -0.3 is 10.2 Å². The molecule has 10 nitrogen and oxygen atoms in total. The number of rotatable bonds is 8. The van der Waals surface area contributed by atoms with Crippen molar-refractivity contribution < 1.29 is 18.1 Å². The Labute approximate surface area is 185 Å². The molecule has 0 saturated carbocycles. The van der Waals surface area contributed by atoms with Gasteiger partial charge in [-0.15, -0.1) is 0 Å². The molecule has 0 aliphatic carbocycles. The first-order valence-electron chi connectivity index (χ1n) is 9.64. The highest BCUT2D eigenvalue weighted by Crippen LogP contribution is 2.25. The predicted molar refractivity (Wildman–Crippen MR) is 117 cm³/mol. The van der Waals surface area contributed by atoms with Crippen LogP contribution in [-0.2, 0) is 10.0 Å². The first-order chi connectivity index (χ1) is 14.8. The van der Waals surface area contributed by atoms with Gasteiger partial charge in [-0.25, -0.2) is 13.4 Å². The molecule has 1 aromatic heterocycles. The van der Waals surface area contributed by atoms with Gasteiger partial charge >= 0.3 is 0 Å². The molecule has 1 aliphatic rings. The van der Waals surface area contributed by atoms with E-state index in [0.717, 1.165) is 11.9 Å². The van der Waals surface area contributed by atoms with Crippen molar-refractivity contribution in [2.45, 2.75) is 6.42 Å². The van der Waals surface area contributed by atoms with Gasteiger partial charge in [0.1, 0.15) is 10.8 Å². The summed E-state index contributed by atoms with van der Waals surface area (Å²) in [7, 11) is -3.45. The summed E-state index contributed by atoms with van der Waals surface area (Å²) in [6, 6.07) is 9.36. The van der Waals surface area contributed by atoms with E-state index in [4.69, 9.17) is 11.6 Å². The second-order valence-corrected chi connectivity index (χ2v) is 9.42. The summed E-state index contributed by atoms with van der Waals surface area (Å²) >= 11 is 5.74. The number of sulfonamides is 1. The Morgan fingerprint density at radius 1 is 1.19 bits per heavy atom. The molecule has 0 radical (unpaired) electrons. The third-order valence-corrected chi connectivity index (χ3v) is 7.15. The maximum Gasteiger partial charge on any atom is 0.288 e. The number of carbonyl (C=O) groups is 1. The van der Waals surface area contributed by atoms with Crippen LogP contribution in [0.1, 0.15) is 16.8 Å². The van der Waals surface area contributed by atoms with E-state index >= 15 is 0 Å². The molecule has 2 heterocycles. The Balaban J connectivity index is 1.45. The number of anilines is 1. The maximum atomic E-state index is 12.6. The van der Waals surface area contributed by atoms with Crippen molar-refractivity contribution in [3.8, 4) is 0 Å². The Kier molecular flexibility index (Phi) is 7.42. The lowest BCUT2D eigenvalue weighted by atomic mass is 10.2. The molecule has 1 N–H and O–H groups in total. The number of amides is 1. The molecule has 12 heteroatoms. The number of hydrogen-bond acceptors (Lipinski definition) is 7. The highest BCUT2D eigenvalue weighted by atomic mass is 35.5. The molecular weight excluding hydrogens is 446 g/mol. The van der Waals surface area contributed by atoms with Gasteiger partial charge in [-0.05, 0) is 30.7 Å². The molecule has 2 aromatic rings. The number of carbonyl (C=O) groups excluding carboxylic acids is 1. The summed E-state index contributed by atoms with van der Waals surface area (Å²) in [4.78, 5) is 28.8. The topological polar surface area (TPSA) is 126 Å². The first kappa shape index (κ1) is 22.9. The number of pyridine rings is 1. The summed E-state index contributed by atoms with van der Waals surface area (Å²) < 4.78 is 26.6. The average Bonchev–Trinajstić information content (AvgIpc) is 2.77. The van der Waals surface area contributed by atoms with Crippen LogP contribution in [0.2, 0.25) is 5.02 Å². The van der Waals surface area contributed by atoms with E-state index < -0.39 is 20.9 Å². The first-order valence-corrected chi connectivity index (χ1v) is 11.6. The number of nitrogens with zero attached hydrogens (tertiary/aromatic N) is 4. The van der Waals surface area contributed by atoms with Crippen molar-refractivity contribution >= 4 is 39.0 Å². The smallest absolute Gasteiger partial charge is 0.288 e. The molecule has 1 aromatic carbocycles. The second kappa shape index (κ2) is 10.0. The molecule has 1 aliphatic heterocycles. The minimum Gasteiger partial charge on any atom is -0.354 e. The molecule has 3 rings (SSSR count). The quantitative estimate of drug-likeness (QED) is 0.357. The second-order valence-electron chi connectivity index (χ2n) is 6.92. The summed E-state index contributed by atoms with van der Waals surface area (Å²) in [5.74, 6) is 0.198. The average molecular weight is 468 g/mol. The van der Waals surface area contributed by atoms with Gasteiger partial charge in [0.05, 0.1) is 10.7 Å². The van der Waals surface area contributed by atoms with Crippen LogP contribution in [-0.4, -0.2) is 67.0 Å². The zero-order valence-electron chi connectivity index (χ0n) is 16.6. The molecular formula is C19H22ClN5O5S.